The number of aromatic nitrogens is 1. The second-order valence-electron chi connectivity index (χ2n) is 8.29. The minimum Gasteiger partial charge on any atom is -0.492 e. The lowest BCUT2D eigenvalue weighted by Crippen LogP contribution is -2.25. The van der Waals surface area contributed by atoms with Crippen molar-refractivity contribution in [2.24, 2.45) is 0 Å². The van der Waals surface area contributed by atoms with Crippen LogP contribution in [0.4, 0.5) is 0 Å². The van der Waals surface area contributed by atoms with Crippen LogP contribution in [0.3, 0.4) is 0 Å². The molecule has 1 aromatic heterocycles. The van der Waals surface area contributed by atoms with Crippen molar-refractivity contribution < 1.29 is 4.74 Å². The van der Waals surface area contributed by atoms with Gasteiger partial charge in [0.05, 0.1) is 5.52 Å². The molecule has 164 valence electrons. The zero-order valence-corrected chi connectivity index (χ0v) is 19.2. The van der Waals surface area contributed by atoms with E-state index < -0.39 is 0 Å². The zero-order valence-electron chi connectivity index (χ0n) is 18.4. The number of benzene rings is 3. The maximum Gasteiger partial charge on any atom is 0.120 e. The summed E-state index contributed by atoms with van der Waals surface area (Å²) in [5.41, 5.74) is 4.88. The minimum atomic E-state index is 0.709. The zero-order chi connectivity index (χ0) is 22.5. The Morgan fingerprint density at radius 2 is 1.67 bits per heavy atom. The molecule has 5 rings (SSSR count). The molecule has 1 aliphatic rings. The summed E-state index contributed by atoms with van der Waals surface area (Å²) in [4.78, 5) is 7.18. The average Bonchev–Trinajstić information content (AvgIpc) is 3.37. The molecule has 0 radical (unpaired) electrons. The predicted octanol–water partition coefficient (Wildman–Crippen LogP) is 6.43. The first-order chi connectivity index (χ1) is 16.2. The van der Waals surface area contributed by atoms with Crippen LogP contribution in [0.5, 0.6) is 5.75 Å². The van der Waals surface area contributed by atoms with Gasteiger partial charge in [-0.25, -0.2) is 4.98 Å². The summed E-state index contributed by atoms with van der Waals surface area (Å²) in [6.07, 6.45) is 2.61. The van der Waals surface area contributed by atoms with Gasteiger partial charge in [0, 0.05) is 22.5 Å². The third-order valence-electron chi connectivity index (χ3n) is 5.91. The third-order valence-corrected chi connectivity index (χ3v) is 6.16. The molecule has 4 heteroatoms. The molecule has 0 aliphatic carbocycles. The number of likely N-dealkylation sites (tertiary alicyclic amines) is 1. The van der Waals surface area contributed by atoms with Gasteiger partial charge in [0.25, 0.3) is 0 Å². The first kappa shape index (κ1) is 21.5. The number of halogens is 1. The van der Waals surface area contributed by atoms with E-state index in [0.29, 0.717) is 6.61 Å². The molecule has 2 heterocycles. The Kier molecular flexibility index (Phi) is 6.58. The Hall–Kier alpha value is -3.32. The highest BCUT2D eigenvalue weighted by Gasteiger charge is 2.10. The molecule has 3 nitrogen and oxygen atoms in total. The smallest absolute Gasteiger partial charge is 0.120 e. The van der Waals surface area contributed by atoms with Crippen molar-refractivity contribution in [3.05, 3.63) is 95.1 Å². The highest BCUT2D eigenvalue weighted by atomic mass is 35.5. The summed E-state index contributed by atoms with van der Waals surface area (Å²) >= 11 is 6.01. The SMILES string of the molecule is Clc1ccc(-c2ccc3nc(C#Cc4cccc(OCCN5CCCC5)c4)ccc3c2)cc1. The van der Waals surface area contributed by atoms with Crippen molar-refractivity contribution in [3.8, 4) is 28.7 Å². The molecular formula is C29H25ClN2O. The number of hydrogen-bond donors (Lipinski definition) is 0. The summed E-state index contributed by atoms with van der Waals surface area (Å²) in [5.74, 6) is 7.28. The number of pyridine rings is 1. The van der Waals surface area contributed by atoms with Crippen LogP contribution in [0.25, 0.3) is 22.0 Å². The summed E-state index contributed by atoms with van der Waals surface area (Å²) < 4.78 is 5.94. The van der Waals surface area contributed by atoms with Gasteiger partial charge in [-0.3, -0.25) is 4.90 Å². The van der Waals surface area contributed by atoms with Gasteiger partial charge in [-0.1, -0.05) is 41.8 Å². The number of fused-ring (bicyclic) bond motifs is 1. The number of ether oxygens (including phenoxy) is 1. The van der Waals surface area contributed by atoms with E-state index in [1.165, 1.54) is 25.9 Å². The quantitative estimate of drug-likeness (QED) is 0.326. The Bertz CT molecular complexity index is 1320. The molecule has 0 amide bonds. The van der Waals surface area contributed by atoms with Crippen LogP contribution in [0.15, 0.2) is 78.9 Å². The lowest BCUT2D eigenvalue weighted by molar-refractivity contribution is 0.238. The van der Waals surface area contributed by atoms with Gasteiger partial charge in [0.1, 0.15) is 18.1 Å². The number of rotatable bonds is 5. The molecule has 33 heavy (non-hydrogen) atoms. The number of hydrogen-bond acceptors (Lipinski definition) is 3. The molecule has 0 saturated carbocycles. The van der Waals surface area contributed by atoms with Crippen LogP contribution in [0, 0.1) is 11.8 Å². The van der Waals surface area contributed by atoms with E-state index >= 15 is 0 Å². The molecule has 0 bridgehead atoms. The van der Waals surface area contributed by atoms with Gasteiger partial charge < -0.3 is 4.74 Å². The minimum absolute atomic E-state index is 0.709. The Morgan fingerprint density at radius 3 is 2.52 bits per heavy atom. The van der Waals surface area contributed by atoms with E-state index in [-0.39, 0.29) is 0 Å². The highest BCUT2D eigenvalue weighted by molar-refractivity contribution is 6.30. The van der Waals surface area contributed by atoms with Gasteiger partial charge >= 0.3 is 0 Å². The van der Waals surface area contributed by atoms with E-state index in [9.17, 15) is 0 Å². The average molecular weight is 453 g/mol. The maximum absolute atomic E-state index is 6.01. The summed E-state index contributed by atoms with van der Waals surface area (Å²) in [7, 11) is 0. The highest BCUT2D eigenvalue weighted by Crippen LogP contribution is 2.25. The first-order valence-corrected chi connectivity index (χ1v) is 11.7. The molecule has 4 aromatic rings. The fraction of sp³-hybridized carbons (Fsp3) is 0.207. The summed E-state index contributed by atoms with van der Waals surface area (Å²) in [6, 6.07) is 26.2. The molecule has 1 fully saturated rings. The summed E-state index contributed by atoms with van der Waals surface area (Å²) in [5, 5.41) is 1.82. The number of nitrogens with zero attached hydrogens (tertiary/aromatic N) is 2. The largest absolute Gasteiger partial charge is 0.492 e. The second-order valence-corrected chi connectivity index (χ2v) is 8.72. The van der Waals surface area contributed by atoms with Crippen LogP contribution >= 0.6 is 11.6 Å². The normalized spacial score (nSPS) is 13.6. The molecule has 1 aliphatic heterocycles. The van der Waals surface area contributed by atoms with Crippen LogP contribution in [-0.2, 0) is 0 Å². The van der Waals surface area contributed by atoms with Crippen LogP contribution in [0.2, 0.25) is 5.02 Å². The van der Waals surface area contributed by atoms with Crippen molar-refractivity contribution in [2.45, 2.75) is 12.8 Å². The second kappa shape index (κ2) is 10.1. The van der Waals surface area contributed by atoms with Crippen LogP contribution in [0.1, 0.15) is 24.1 Å². The lowest BCUT2D eigenvalue weighted by atomic mass is 10.0. The van der Waals surface area contributed by atoms with Gasteiger partial charge in [-0.15, -0.1) is 0 Å². The van der Waals surface area contributed by atoms with Gasteiger partial charge in [0.2, 0.25) is 0 Å². The predicted molar refractivity (Wildman–Crippen MR) is 136 cm³/mol. The standard InChI is InChI=1S/C29H25ClN2O/c30-26-11-7-23(8-12-26)24-10-15-29-25(21-24)9-14-27(31-29)13-6-22-4-3-5-28(20-22)33-19-18-32-16-1-2-17-32/h3-5,7-12,14-15,20-21H,1-2,16-19H2. The van der Waals surface area contributed by atoms with Gasteiger partial charge in [-0.2, -0.15) is 0 Å². The van der Waals surface area contributed by atoms with Crippen molar-refractivity contribution in [1.29, 1.82) is 0 Å². The van der Waals surface area contributed by atoms with Crippen molar-refractivity contribution in [2.75, 3.05) is 26.2 Å². The topological polar surface area (TPSA) is 25.4 Å². The van der Waals surface area contributed by atoms with Crippen LogP contribution < -0.4 is 4.74 Å². The Labute approximate surface area is 200 Å². The van der Waals surface area contributed by atoms with E-state index in [4.69, 9.17) is 21.3 Å². The molecule has 0 N–H and O–H groups in total. The van der Waals surface area contributed by atoms with E-state index in [1.54, 1.807) is 0 Å². The Balaban J connectivity index is 1.28. The van der Waals surface area contributed by atoms with E-state index in [1.807, 2.05) is 60.7 Å². The fourth-order valence-electron chi connectivity index (χ4n) is 4.12. The van der Waals surface area contributed by atoms with E-state index in [0.717, 1.165) is 50.6 Å². The molecule has 0 spiro atoms. The Morgan fingerprint density at radius 1 is 0.848 bits per heavy atom. The molecule has 1 saturated heterocycles. The lowest BCUT2D eigenvalue weighted by Gasteiger charge is -2.14. The van der Waals surface area contributed by atoms with Gasteiger partial charge in [0.15, 0.2) is 0 Å². The molecule has 0 atom stereocenters. The first-order valence-electron chi connectivity index (χ1n) is 11.4. The maximum atomic E-state index is 6.01. The van der Waals surface area contributed by atoms with Crippen molar-refractivity contribution in [1.82, 2.24) is 9.88 Å². The summed E-state index contributed by atoms with van der Waals surface area (Å²) in [6.45, 7) is 4.07. The molecular weight excluding hydrogens is 428 g/mol. The van der Waals surface area contributed by atoms with Crippen molar-refractivity contribution in [3.63, 3.8) is 0 Å². The third kappa shape index (κ3) is 5.54. The molecule has 0 unspecified atom stereocenters. The van der Waals surface area contributed by atoms with Gasteiger partial charge in [-0.05, 0) is 97.6 Å². The fourth-order valence-corrected chi connectivity index (χ4v) is 4.24. The monoisotopic (exact) mass is 452 g/mol. The van der Waals surface area contributed by atoms with Crippen molar-refractivity contribution >= 4 is 22.5 Å². The van der Waals surface area contributed by atoms with Crippen LogP contribution in [-0.4, -0.2) is 36.1 Å². The molecule has 3 aromatic carbocycles. The van der Waals surface area contributed by atoms with E-state index in [2.05, 4.69) is 34.9 Å².